The highest BCUT2D eigenvalue weighted by Crippen LogP contribution is 2.32. The number of carbonyl (C=O) groups excluding carboxylic acids is 1. The SMILES string of the molecule is Cc1ccc(-c2cc(C(=O)N3CCCC3c3ccccn3)n[nH]2)s1. The van der Waals surface area contributed by atoms with Gasteiger partial charge < -0.3 is 4.90 Å². The average molecular weight is 338 g/mol. The van der Waals surface area contributed by atoms with Gasteiger partial charge in [0.05, 0.1) is 22.3 Å². The van der Waals surface area contributed by atoms with E-state index in [1.165, 1.54) is 4.88 Å². The van der Waals surface area contributed by atoms with Crippen molar-refractivity contribution in [3.05, 3.63) is 58.9 Å². The van der Waals surface area contributed by atoms with Crippen molar-refractivity contribution in [3.8, 4) is 10.6 Å². The maximum atomic E-state index is 12.9. The van der Waals surface area contributed by atoms with E-state index in [0.717, 1.165) is 35.7 Å². The van der Waals surface area contributed by atoms with Gasteiger partial charge in [0.25, 0.3) is 5.91 Å². The predicted molar refractivity (Wildman–Crippen MR) is 93.9 cm³/mol. The fourth-order valence-corrected chi connectivity index (χ4v) is 4.01. The molecular weight excluding hydrogens is 320 g/mol. The van der Waals surface area contributed by atoms with Gasteiger partial charge in [-0.05, 0) is 50.1 Å². The number of nitrogens with one attached hydrogen (secondary N) is 1. The van der Waals surface area contributed by atoms with Crippen molar-refractivity contribution in [1.82, 2.24) is 20.1 Å². The lowest BCUT2D eigenvalue weighted by molar-refractivity contribution is 0.0727. The zero-order valence-electron chi connectivity index (χ0n) is 13.4. The molecule has 3 aromatic rings. The number of nitrogens with zero attached hydrogens (tertiary/aromatic N) is 3. The molecule has 24 heavy (non-hydrogen) atoms. The van der Waals surface area contributed by atoms with Crippen molar-refractivity contribution in [2.75, 3.05) is 6.54 Å². The molecule has 0 aromatic carbocycles. The lowest BCUT2D eigenvalue weighted by Gasteiger charge is -2.23. The predicted octanol–water partition coefficient (Wildman–Crippen LogP) is 3.82. The van der Waals surface area contributed by atoms with Crippen LogP contribution in [0.15, 0.2) is 42.6 Å². The standard InChI is InChI=1S/C18H18N4OS/c1-12-7-8-17(24-12)14-11-15(21-20-14)18(23)22-10-4-6-16(22)13-5-2-3-9-19-13/h2-3,5,7-9,11,16H,4,6,10H2,1H3,(H,20,21). The molecule has 4 heterocycles. The largest absolute Gasteiger partial charge is 0.329 e. The molecule has 1 amide bonds. The van der Waals surface area contributed by atoms with Gasteiger partial charge >= 0.3 is 0 Å². The number of carbonyl (C=O) groups is 1. The van der Waals surface area contributed by atoms with Gasteiger partial charge in [0.1, 0.15) is 0 Å². The normalized spacial score (nSPS) is 17.4. The second kappa shape index (κ2) is 6.20. The number of hydrogen-bond acceptors (Lipinski definition) is 4. The van der Waals surface area contributed by atoms with E-state index < -0.39 is 0 Å². The fourth-order valence-electron chi connectivity index (χ4n) is 3.17. The van der Waals surface area contributed by atoms with Crippen molar-refractivity contribution in [3.63, 3.8) is 0 Å². The van der Waals surface area contributed by atoms with Gasteiger partial charge in [-0.15, -0.1) is 11.3 Å². The van der Waals surface area contributed by atoms with Crippen molar-refractivity contribution < 1.29 is 4.79 Å². The minimum absolute atomic E-state index is 0.0288. The molecule has 0 saturated carbocycles. The first-order valence-corrected chi connectivity index (χ1v) is 8.88. The summed E-state index contributed by atoms with van der Waals surface area (Å²) >= 11 is 1.69. The Bertz CT molecular complexity index is 855. The number of pyridine rings is 1. The summed E-state index contributed by atoms with van der Waals surface area (Å²) in [5.74, 6) is -0.0288. The number of hydrogen-bond donors (Lipinski definition) is 1. The monoisotopic (exact) mass is 338 g/mol. The molecule has 1 fully saturated rings. The summed E-state index contributed by atoms with van der Waals surface area (Å²) in [6.45, 7) is 2.82. The van der Waals surface area contributed by atoms with Gasteiger partial charge in [0, 0.05) is 17.6 Å². The Morgan fingerprint density at radius 2 is 2.25 bits per heavy atom. The van der Waals surface area contributed by atoms with Crippen molar-refractivity contribution in [2.45, 2.75) is 25.8 Å². The van der Waals surface area contributed by atoms with E-state index in [-0.39, 0.29) is 11.9 Å². The number of likely N-dealkylation sites (tertiary alicyclic amines) is 1. The van der Waals surface area contributed by atoms with Crippen LogP contribution in [-0.4, -0.2) is 32.5 Å². The topological polar surface area (TPSA) is 61.9 Å². The van der Waals surface area contributed by atoms with E-state index in [9.17, 15) is 4.79 Å². The van der Waals surface area contributed by atoms with Gasteiger partial charge in [-0.3, -0.25) is 14.9 Å². The van der Waals surface area contributed by atoms with Gasteiger partial charge in [-0.1, -0.05) is 6.07 Å². The Morgan fingerprint density at radius 3 is 3.00 bits per heavy atom. The van der Waals surface area contributed by atoms with Crippen LogP contribution in [0.5, 0.6) is 0 Å². The summed E-state index contributed by atoms with van der Waals surface area (Å²) in [7, 11) is 0. The van der Waals surface area contributed by atoms with E-state index in [2.05, 4.69) is 28.2 Å². The Balaban J connectivity index is 1.58. The molecule has 3 aromatic heterocycles. The quantitative estimate of drug-likeness (QED) is 0.790. The molecule has 0 bridgehead atoms. The minimum Gasteiger partial charge on any atom is -0.329 e. The van der Waals surface area contributed by atoms with Crippen LogP contribution in [0.1, 0.15) is 39.9 Å². The molecule has 1 aliphatic heterocycles. The third-order valence-electron chi connectivity index (χ3n) is 4.35. The third kappa shape index (κ3) is 2.73. The van der Waals surface area contributed by atoms with Crippen molar-refractivity contribution in [2.24, 2.45) is 0 Å². The number of H-pyrrole nitrogens is 1. The van der Waals surface area contributed by atoms with Crippen LogP contribution in [0, 0.1) is 6.92 Å². The molecule has 0 radical (unpaired) electrons. The number of thiophene rings is 1. The summed E-state index contributed by atoms with van der Waals surface area (Å²) in [6.07, 6.45) is 3.72. The number of rotatable bonds is 3. The highest BCUT2D eigenvalue weighted by atomic mass is 32.1. The van der Waals surface area contributed by atoms with Crippen molar-refractivity contribution in [1.29, 1.82) is 0 Å². The molecule has 0 spiro atoms. The molecule has 1 N–H and O–H groups in total. The summed E-state index contributed by atoms with van der Waals surface area (Å²) < 4.78 is 0. The minimum atomic E-state index is -0.0288. The lowest BCUT2D eigenvalue weighted by atomic mass is 10.1. The van der Waals surface area contributed by atoms with Gasteiger partial charge in [0.15, 0.2) is 5.69 Å². The summed E-state index contributed by atoms with van der Waals surface area (Å²) in [5.41, 5.74) is 2.32. The van der Waals surface area contributed by atoms with Crippen molar-refractivity contribution >= 4 is 17.2 Å². The molecule has 4 rings (SSSR count). The molecule has 1 aliphatic rings. The second-order valence-corrected chi connectivity index (χ2v) is 7.28. The maximum Gasteiger partial charge on any atom is 0.274 e. The zero-order valence-corrected chi connectivity index (χ0v) is 14.2. The zero-order chi connectivity index (χ0) is 16.5. The number of aromatic nitrogens is 3. The molecule has 6 heteroatoms. The van der Waals surface area contributed by atoms with Crippen LogP contribution in [-0.2, 0) is 0 Å². The van der Waals surface area contributed by atoms with Gasteiger partial charge in [0.2, 0.25) is 0 Å². The van der Waals surface area contributed by atoms with Crippen LogP contribution >= 0.6 is 11.3 Å². The van der Waals surface area contributed by atoms with Crippen LogP contribution in [0.25, 0.3) is 10.6 Å². The summed E-state index contributed by atoms with van der Waals surface area (Å²) in [6, 6.07) is 11.9. The first-order chi connectivity index (χ1) is 11.7. The molecule has 1 atom stereocenters. The Labute approximate surface area is 144 Å². The van der Waals surface area contributed by atoms with E-state index >= 15 is 0 Å². The van der Waals surface area contributed by atoms with Gasteiger partial charge in [-0.2, -0.15) is 5.10 Å². The highest BCUT2D eigenvalue weighted by molar-refractivity contribution is 7.15. The fraction of sp³-hybridized carbons (Fsp3) is 0.278. The maximum absolute atomic E-state index is 12.9. The molecule has 122 valence electrons. The number of aromatic amines is 1. The molecule has 0 aliphatic carbocycles. The van der Waals surface area contributed by atoms with Crippen LogP contribution in [0.3, 0.4) is 0 Å². The Kier molecular flexibility index (Phi) is 3.90. The first kappa shape index (κ1) is 15.1. The average Bonchev–Trinajstić information content (AvgIpc) is 3.35. The van der Waals surface area contributed by atoms with E-state index in [1.54, 1.807) is 17.5 Å². The molecular formula is C18H18N4OS. The molecule has 1 unspecified atom stereocenters. The van der Waals surface area contributed by atoms with E-state index in [0.29, 0.717) is 5.69 Å². The Hall–Kier alpha value is -2.47. The third-order valence-corrected chi connectivity index (χ3v) is 5.38. The highest BCUT2D eigenvalue weighted by Gasteiger charge is 2.32. The smallest absolute Gasteiger partial charge is 0.274 e. The van der Waals surface area contributed by atoms with Crippen LogP contribution < -0.4 is 0 Å². The summed E-state index contributed by atoms with van der Waals surface area (Å²) in [5, 5.41) is 7.24. The van der Waals surface area contributed by atoms with Crippen LogP contribution in [0.2, 0.25) is 0 Å². The summed E-state index contributed by atoms with van der Waals surface area (Å²) in [4.78, 5) is 21.5. The number of aryl methyl sites for hydroxylation is 1. The number of amides is 1. The molecule has 5 nitrogen and oxygen atoms in total. The Morgan fingerprint density at radius 1 is 1.33 bits per heavy atom. The lowest BCUT2D eigenvalue weighted by Crippen LogP contribution is -2.31. The first-order valence-electron chi connectivity index (χ1n) is 8.06. The molecule has 1 saturated heterocycles. The van der Waals surface area contributed by atoms with Gasteiger partial charge in [-0.25, -0.2) is 0 Å². The second-order valence-electron chi connectivity index (χ2n) is 5.99. The van der Waals surface area contributed by atoms with Crippen LogP contribution in [0.4, 0.5) is 0 Å². The van der Waals surface area contributed by atoms with E-state index in [1.807, 2.05) is 35.2 Å². The van der Waals surface area contributed by atoms with E-state index in [4.69, 9.17) is 0 Å².